The van der Waals surface area contributed by atoms with Crippen LogP contribution in [-0.4, -0.2) is 50.6 Å². The second-order valence-corrected chi connectivity index (χ2v) is 3.02. The van der Waals surface area contributed by atoms with E-state index in [4.69, 9.17) is 4.74 Å². The Labute approximate surface area is 84.4 Å². The van der Waals surface area contributed by atoms with E-state index in [-0.39, 0.29) is 18.4 Å². The van der Waals surface area contributed by atoms with Gasteiger partial charge in [0, 0.05) is 27.1 Å². The second kappa shape index (κ2) is 7.32. The molecule has 5 nitrogen and oxygen atoms in total. The van der Waals surface area contributed by atoms with Gasteiger partial charge in [0.05, 0.1) is 13.2 Å². The Morgan fingerprint density at radius 3 is 2.50 bits per heavy atom. The van der Waals surface area contributed by atoms with Crippen molar-refractivity contribution in [3.63, 3.8) is 0 Å². The summed E-state index contributed by atoms with van der Waals surface area (Å²) < 4.78 is 4.70. The van der Waals surface area contributed by atoms with Crippen LogP contribution in [0, 0.1) is 0 Å². The van der Waals surface area contributed by atoms with Crippen molar-refractivity contribution in [3.05, 3.63) is 0 Å². The van der Waals surface area contributed by atoms with Crippen molar-refractivity contribution in [1.29, 1.82) is 0 Å². The van der Waals surface area contributed by atoms with Crippen LogP contribution in [0.25, 0.3) is 0 Å². The molecular formula is C9H18N2O3. The van der Waals surface area contributed by atoms with Crippen LogP contribution >= 0.6 is 0 Å². The van der Waals surface area contributed by atoms with Crippen LogP contribution in [0.3, 0.4) is 0 Å². The minimum absolute atomic E-state index is 0.0429. The molecule has 0 radical (unpaired) electrons. The zero-order valence-corrected chi connectivity index (χ0v) is 9.00. The molecule has 0 atom stereocenters. The lowest BCUT2D eigenvalue weighted by atomic mass is 10.4. The number of carbonyl (C=O) groups is 2. The number of ether oxygens (including phenoxy) is 1. The smallest absolute Gasteiger partial charge is 0.319 e. The predicted octanol–water partition coefficient (Wildman–Crippen LogP) is -0.383. The summed E-state index contributed by atoms with van der Waals surface area (Å²) in [7, 11) is 3.40. The minimum atomic E-state index is -0.287. The normalized spacial score (nSPS) is 9.64. The average molecular weight is 202 g/mol. The van der Waals surface area contributed by atoms with Crippen molar-refractivity contribution in [1.82, 2.24) is 10.2 Å². The van der Waals surface area contributed by atoms with Gasteiger partial charge in [-0.2, -0.15) is 0 Å². The van der Waals surface area contributed by atoms with E-state index in [1.807, 2.05) is 0 Å². The van der Waals surface area contributed by atoms with Gasteiger partial charge in [0.25, 0.3) is 0 Å². The first-order valence-corrected chi connectivity index (χ1v) is 4.64. The fourth-order valence-corrected chi connectivity index (χ4v) is 0.821. The van der Waals surface area contributed by atoms with Crippen LogP contribution in [-0.2, 0) is 14.3 Å². The van der Waals surface area contributed by atoms with E-state index >= 15 is 0 Å². The van der Waals surface area contributed by atoms with Crippen LogP contribution in [0.2, 0.25) is 0 Å². The molecule has 0 spiro atoms. The maximum absolute atomic E-state index is 11.1. The highest BCUT2D eigenvalue weighted by molar-refractivity contribution is 5.76. The van der Waals surface area contributed by atoms with E-state index in [1.165, 1.54) is 4.90 Å². The number of carbonyl (C=O) groups excluding carboxylic acids is 2. The molecule has 0 saturated carbocycles. The molecule has 0 fully saturated rings. The lowest BCUT2D eigenvalue weighted by Gasteiger charge is -2.10. The fraction of sp³-hybridized carbons (Fsp3) is 0.778. The van der Waals surface area contributed by atoms with E-state index in [1.54, 1.807) is 21.0 Å². The SMILES string of the molecule is CCOC(=O)CNCCC(=O)N(C)C. The summed E-state index contributed by atoms with van der Waals surface area (Å²) in [5.74, 6) is -0.244. The van der Waals surface area contributed by atoms with Crippen molar-refractivity contribution in [2.24, 2.45) is 0 Å². The Bertz CT molecular complexity index is 192. The maximum atomic E-state index is 11.1. The lowest BCUT2D eigenvalue weighted by Crippen LogP contribution is -2.30. The van der Waals surface area contributed by atoms with Crippen molar-refractivity contribution in [2.75, 3.05) is 33.8 Å². The first kappa shape index (κ1) is 12.9. The van der Waals surface area contributed by atoms with Gasteiger partial charge in [-0.25, -0.2) is 0 Å². The molecule has 1 amide bonds. The molecule has 0 aliphatic rings. The Morgan fingerprint density at radius 2 is 2.00 bits per heavy atom. The molecule has 1 N–H and O–H groups in total. The first-order valence-electron chi connectivity index (χ1n) is 4.64. The molecule has 0 aromatic rings. The van der Waals surface area contributed by atoms with Crippen LogP contribution in [0.4, 0.5) is 0 Å². The monoisotopic (exact) mass is 202 g/mol. The topological polar surface area (TPSA) is 58.6 Å². The maximum Gasteiger partial charge on any atom is 0.319 e. The number of nitrogens with zero attached hydrogens (tertiary/aromatic N) is 1. The molecule has 14 heavy (non-hydrogen) atoms. The van der Waals surface area contributed by atoms with Crippen molar-refractivity contribution in [2.45, 2.75) is 13.3 Å². The fourth-order valence-electron chi connectivity index (χ4n) is 0.821. The molecule has 0 heterocycles. The Morgan fingerprint density at radius 1 is 1.36 bits per heavy atom. The highest BCUT2D eigenvalue weighted by Gasteiger charge is 2.04. The van der Waals surface area contributed by atoms with Gasteiger partial charge in [0.2, 0.25) is 5.91 Å². The van der Waals surface area contributed by atoms with Gasteiger partial charge in [0.15, 0.2) is 0 Å². The predicted molar refractivity (Wildman–Crippen MR) is 52.8 cm³/mol. The Hall–Kier alpha value is -1.10. The van der Waals surface area contributed by atoms with Gasteiger partial charge < -0.3 is 15.0 Å². The van der Waals surface area contributed by atoms with Crippen molar-refractivity contribution >= 4 is 11.9 Å². The highest BCUT2D eigenvalue weighted by atomic mass is 16.5. The molecule has 0 aliphatic carbocycles. The number of hydrogen-bond acceptors (Lipinski definition) is 4. The van der Waals surface area contributed by atoms with E-state index in [0.29, 0.717) is 19.6 Å². The average Bonchev–Trinajstić information content (AvgIpc) is 2.12. The first-order chi connectivity index (χ1) is 6.57. The van der Waals surface area contributed by atoms with Crippen molar-refractivity contribution < 1.29 is 14.3 Å². The van der Waals surface area contributed by atoms with Gasteiger partial charge in [-0.1, -0.05) is 0 Å². The minimum Gasteiger partial charge on any atom is -0.465 e. The zero-order valence-electron chi connectivity index (χ0n) is 9.00. The Kier molecular flexibility index (Phi) is 6.74. The van der Waals surface area contributed by atoms with Gasteiger partial charge in [0.1, 0.15) is 0 Å². The Balaban J connectivity index is 3.38. The molecular weight excluding hydrogens is 184 g/mol. The number of hydrogen-bond donors (Lipinski definition) is 1. The summed E-state index contributed by atoms with van der Waals surface area (Å²) in [6.45, 7) is 2.80. The van der Waals surface area contributed by atoms with Crippen molar-refractivity contribution in [3.8, 4) is 0 Å². The van der Waals surface area contributed by atoms with Gasteiger partial charge in [-0.05, 0) is 6.92 Å². The number of esters is 1. The van der Waals surface area contributed by atoms with Crippen LogP contribution < -0.4 is 5.32 Å². The second-order valence-electron chi connectivity index (χ2n) is 3.02. The number of amides is 1. The van der Waals surface area contributed by atoms with Crippen LogP contribution in [0.1, 0.15) is 13.3 Å². The number of rotatable bonds is 6. The summed E-state index contributed by atoms with van der Waals surface area (Å²) >= 11 is 0. The van der Waals surface area contributed by atoms with Gasteiger partial charge in [-0.15, -0.1) is 0 Å². The van der Waals surface area contributed by atoms with E-state index < -0.39 is 0 Å². The molecule has 0 aromatic carbocycles. The molecule has 0 saturated heterocycles. The summed E-state index contributed by atoms with van der Waals surface area (Å²) in [5, 5.41) is 2.83. The van der Waals surface area contributed by atoms with Crippen LogP contribution in [0.5, 0.6) is 0 Å². The summed E-state index contributed by atoms with van der Waals surface area (Å²) in [4.78, 5) is 23.4. The largest absolute Gasteiger partial charge is 0.465 e. The summed E-state index contributed by atoms with van der Waals surface area (Å²) in [6.07, 6.45) is 0.395. The third-order valence-electron chi connectivity index (χ3n) is 1.59. The third-order valence-corrected chi connectivity index (χ3v) is 1.59. The molecule has 0 rings (SSSR count). The molecule has 82 valence electrons. The van der Waals surface area contributed by atoms with Gasteiger partial charge >= 0.3 is 5.97 Å². The standard InChI is InChI=1S/C9H18N2O3/c1-4-14-9(13)7-10-6-5-8(12)11(2)3/h10H,4-7H2,1-3H3. The summed E-state index contributed by atoms with van der Waals surface area (Å²) in [5.41, 5.74) is 0. The van der Waals surface area contributed by atoms with E-state index in [0.717, 1.165) is 0 Å². The molecule has 0 aromatic heterocycles. The van der Waals surface area contributed by atoms with E-state index in [9.17, 15) is 9.59 Å². The van der Waals surface area contributed by atoms with Gasteiger partial charge in [-0.3, -0.25) is 9.59 Å². The van der Waals surface area contributed by atoms with E-state index in [2.05, 4.69) is 5.32 Å². The molecule has 0 unspecified atom stereocenters. The lowest BCUT2D eigenvalue weighted by molar-refractivity contribution is -0.142. The summed E-state index contributed by atoms with van der Waals surface area (Å²) in [6, 6.07) is 0. The third kappa shape index (κ3) is 6.42. The quantitative estimate of drug-likeness (QED) is 0.471. The molecule has 0 aliphatic heterocycles. The highest BCUT2D eigenvalue weighted by Crippen LogP contribution is 1.84. The molecule has 0 bridgehead atoms. The molecule has 5 heteroatoms. The van der Waals surface area contributed by atoms with Crippen LogP contribution in [0.15, 0.2) is 0 Å². The zero-order chi connectivity index (χ0) is 11.0. The number of nitrogens with one attached hydrogen (secondary N) is 1.